The first-order chi connectivity index (χ1) is 11.2. The van der Waals surface area contributed by atoms with E-state index >= 15 is 0 Å². The van der Waals surface area contributed by atoms with Gasteiger partial charge in [-0.15, -0.1) is 12.4 Å². The van der Waals surface area contributed by atoms with Crippen LogP contribution in [0.25, 0.3) is 0 Å². The SMILES string of the molecule is COc1ccc(CNC(=O)C2(n3cccn3)CCNCC2)cc1.Cl. The van der Waals surface area contributed by atoms with Crippen molar-refractivity contribution in [1.29, 1.82) is 0 Å². The minimum Gasteiger partial charge on any atom is -0.497 e. The van der Waals surface area contributed by atoms with E-state index in [-0.39, 0.29) is 18.3 Å². The van der Waals surface area contributed by atoms with Gasteiger partial charge in [0.15, 0.2) is 0 Å². The molecule has 1 aromatic carbocycles. The predicted molar refractivity (Wildman–Crippen MR) is 94.4 cm³/mol. The van der Waals surface area contributed by atoms with Gasteiger partial charge in [-0.1, -0.05) is 12.1 Å². The fourth-order valence-corrected chi connectivity index (χ4v) is 3.01. The van der Waals surface area contributed by atoms with E-state index in [1.165, 1.54) is 0 Å². The maximum Gasteiger partial charge on any atom is 0.248 e. The standard InChI is InChI=1S/C17H22N4O2.ClH/c1-23-15-5-3-14(4-6-15)13-19-16(22)17(7-10-18-11-8-17)21-12-2-9-20-21;/h2-6,9,12,18H,7-8,10-11,13H2,1H3,(H,19,22);1H. The summed E-state index contributed by atoms with van der Waals surface area (Å²) >= 11 is 0. The Bertz CT molecular complexity index is 637. The largest absolute Gasteiger partial charge is 0.497 e. The van der Waals surface area contributed by atoms with Crippen LogP contribution in [0.5, 0.6) is 5.75 Å². The average molecular weight is 351 g/mol. The lowest BCUT2D eigenvalue weighted by molar-refractivity contribution is -0.132. The van der Waals surface area contributed by atoms with Crippen LogP contribution in [-0.4, -0.2) is 35.9 Å². The van der Waals surface area contributed by atoms with E-state index in [2.05, 4.69) is 15.7 Å². The van der Waals surface area contributed by atoms with Crippen LogP contribution in [0.15, 0.2) is 42.7 Å². The van der Waals surface area contributed by atoms with Crippen LogP contribution in [0, 0.1) is 0 Å². The maximum absolute atomic E-state index is 12.9. The van der Waals surface area contributed by atoms with Crippen LogP contribution < -0.4 is 15.4 Å². The summed E-state index contributed by atoms with van der Waals surface area (Å²) in [5, 5.41) is 10.7. The summed E-state index contributed by atoms with van der Waals surface area (Å²) in [7, 11) is 1.64. The number of ether oxygens (including phenoxy) is 1. The molecular weight excluding hydrogens is 328 g/mol. The van der Waals surface area contributed by atoms with Crippen molar-refractivity contribution in [2.45, 2.75) is 24.9 Å². The summed E-state index contributed by atoms with van der Waals surface area (Å²) in [6, 6.07) is 9.58. The zero-order valence-corrected chi connectivity index (χ0v) is 14.5. The summed E-state index contributed by atoms with van der Waals surface area (Å²) in [5.74, 6) is 0.838. The molecule has 2 heterocycles. The zero-order chi connectivity index (χ0) is 16.1. The summed E-state index contributed by atoms with van der Waals surface area (Å²) in [6.45, 7) is 2.13. The average Bonchev–Trinajstić information content (AvgIpc) is 3.16. The second-order valence-electron chi connectivity index (χ2n) is 5.76. The second kappa shape index (κ2) is 8.17. The van der Waals surface area contributed by atoms with Gasteiger partial charge in [0.05, 0.1) is 7.11 Å². The molecule has 0 spiro atoms. The Morgan fingerprint density at radius 3 is 2.62 bits per heavy atom. The van der Waals surface area contributed by atoms with Crippen molar-refractivity contribution in [3.05, 3.63) is 48.3 Å². The molecule has 1 aliphatic rings. The van der Waals surface area contributed by atoms with Crippen LogP contribution in [0.1, 0.15) is 18.4 Å². The molecule has 0 aliphatic carbocycles. The van der Waals surface area contributed by atoms with E-state index in [0.717, 1.165) is 37.2 Å². The number of carbonyl (C=O) groups is 1. The highest BCUT2D eigenvalue weighted by atomic mass is 35.5. The van der Waals surface area contributed by atoms with Crippen LogP contribution in [-0.2, 0) is 16.9 Å². The number of rotatable bonds is 5. The molecule has 0 bridgehead atoms. The van der Waals surface area contributed by atoms with Crippen molar-refractivity contribution in [1.82, 2.24) is 20.4 Å². The maximum atomic E-state index is 12.9. The first-order valence-corrected chi connectivity index (χ1v) is 7.87. The number of amides is 1. The highest BCUT2D eigenvalue weighted by Crippen LogP contribution is 2.27. The lowest BCUT2D eigenvalue weighted by atomic mass is 9.87. The van der Waals surface area contributed by atoms with Gasteiger partial charge in [0.25, 0.3) is 0 Å². The minimum absolute atomic E-state index is 0. The quantitative estimate of drug-likeness (QED) is 0.861. The van der Waals surface area contributed by atoms with Crippen molar-refractivity contribution >= 4 is 18.3 Å². The van der Waals surface area contributed by atoms with E-state index < -0.39 is 5.54 Å². The van der Waals surface area contributed by atoms with Crippen LogP contribution in [0.2, 0.25) is 0 Å². The number of benzene rings is 1. The third-order valence-electron chi connectivity index (χ3n) is 4.41. The molecule has 2 N–H and O–H groups in total. The lowest BCUT2D eigenvalue weighted by Gasteiger charge is -2.36. The number of nitrogens with one attached hydrogen (secondary N) is 2. The highest BCUT2D eigenvalue weighted by molar-refractivity contribution is 5.85. The molecule has 130 valence electrons. The number of piperidine rings is 1. The van der Waals surface area contributed by atoms with Gasteiger partial charge in [-0.25, -0.2) is 0 Å². The fraction of sp³-hybridized carbons (Fsp3) is 0.412. The molecule has 1 amide bonds. The molecule has 1 aromatic heterocycles. The van der Waals surface area contributed by atoms with Crippen LogP contribution in [0.4, 0.5) is 0 Å². The van der Waals surface area contributed by atoms with Crippen molar-refractivity contribution < 1.29 is 9.53 Å². The number of halogens is 1. The van der Waals surface area contributed by atoms with E-state index in [9.17, 15) is 4.79 Å². The summed E-state index contributed by atoms with van der Waals surface area (Å²) < 4.78 is 6.95. The minimum atomic E-state index is -0.596. The molecule has 0 unspecified atom stereocenters. The molecule has 1 fully saturated rings. The molecule has 3 rings (SSSR count). The Balaban J connectivity index is 0.00000208. The van der Waals surface area contributed by atoms with E-state index in [1.807, 2.05) is 36.5 Å². The Labute approximate surface area is 148 Å². The smallest absolute Gasteiger partial charge is 0.248 e. The third-order valence-corrected chi connectivity index (χ3v) is 4.41. The molecule has 2 aromatic rings. The molecule has 7 heteroatoms. The van der Waals surface area contributed by atoms with Gasteiger partial charge in [-0.3, -0.25) is 9.48 Å². The van der Waals surface area contributed by atoms with Crippen molar-refractivity contribution in [3.63, 3.8) is 0 Å². The van der Waals surface area contributed by atoms with Gasteiger partial charge >= 0.3 is 0 Å². The Morgan fingerprint density at radius 2 is 2.04 bits per heavy atom. The first-order valence-electron chi connectivity index (χ1n) is 7.87. The van der Waals surface area contributed by atoms with E-state index in [0.29, 0.717) is 6.54 Å². The Hall–Kier alpha value is -2.05. The van der Waals surface area contributed by atoms with Gasteiger partial charge in [0, 0.05) is 18.9 Å². The monoisotopic (exact) mass is 350 g/mol. The molecule has 0 saturated carbocycles. The lowest BCUT2D eigenvalue weighted by Crippen LogP contribution is -2.54. The number of nitrogens with zero attached hydrogens (tertiary/aromatic N) is 2. The van der Waals surface area contributed by atoms with Crippen LogP contribution in [0.3, 0.4) is 0 Å². The van der Waals surface area contributed by atoms with Gasteiger partial charge in [-0.05, 0) is 49.7 Å². The topological polar surface area (TPSA) is 68.2 Å². The normalized spacial score (nSPS) is 16.0. The fourth-order valence-electron chi connectivity index (χ4n) is 3.01. The number of aromatic nitrogens is 2. The first kappa shape index (κ1) is 18.3. The van der Waals surface area contributed by atoms with Gasteiger partial charge in [-0.2, -0.15) is 5.10 Å². The summed E-state index contributed by atoms with van der Waals surface area (Å²) in [5.41, 5.74) is 0.449. The van der Waals surface area contributed by atoms with E-state index in [4.69, 9.17) is 4.74 Å². The van der Waals surface area contributed by atoms with Crippen LogP contribution >= 0.6 is 12.4 Å². The summed E-state index contributed by atoms with van der Waals surface area (Å²) in [4.78, 5) is 12.9. The summed E-state index contributed by atoms with van der Waals surface area (Å²) in [6.07, 6.45) is 5.07. The zero-order valence-electron chi connectivity index (χ0n) is 13.7. The molecule has 0 radical (unpaired) electrons. The highest BCUT2D eigenvalue weighted by Gasteiger charge is 2.41. The number of methoxy groups -OCH3 is 1. The van der Waals surface area contributed by atoms with Gasteiger partial charge < -0.3 is 15.4 Å². The Morgan fingerprint density at radius 1 is 1.33 bits per heavy atom. The molecule has 24 heavy (non-hydrogen) atoms. The predicted octanol–water partition coefficient (Wildman–Crippen LogP) is 1.71. The molecule has 0 atom stereocenters. The molecular formula is C17H23ClN4O2. The molecule has 6 nitrogen and oxygen atoms in total. The number of hydrogen-bond acceptors (Lipinski definition) is 4. The Kier molecular flexibility index (Phi) is 6.23. The van der Waals surface area contributed by atoms with Gasteiger partial charge in [0.2, 0.25) is 5.91 Å². The van der Waals surface area contributed by atoms with E-state index in [1.54, 1.807) is 18.0 Å². The van der Waals surface area contributed by atoms with Gasteiger partial charge in [0.1, 0.15) is 11.3 Å². The molecule has 1 aliphatic heterocycles. The van der Waals surface area contributed by atoms with Crippen molar-refractivity contribution in [3.8, 4) is 5.75 Å². The number of hydrogen-bond donors (Lipinski definition) is 2. The van der Waals surface area contributed by atoms with Crippen molar-refractivity contribution in [2.24, 2.45) is 0 Å². The second-order valence-corrected chi connectivity index (χ2v) is 5.76. The third kappa shape index (κ3) is 3.71. The van der Waals surface area contributed by atoms with Crippen molar-refractivity contribution in [2.75, 3.05) is 20.2 Å². The molecule has 1 saturated heterocycles. The number of carbonyl (C=O) groups excluding carboxylic acids is 1.